The molecule has 0 aliphatic carbocycles. The van der Waals surface area contributed by atoms with E-state index in [0.717, 1.165) is 17.7 Å². The number of hydrogen-bond donors (Lipinski definition) is 1. The highest BCUT2D eigenvalue weighted by molar-refractivity contribution is 6.42. The SMILES string of the molecule is Clc1cccc(CNCc2ccoc2)c1Cl. The molecule has 2 nitrogen and oxygen atoms in total. The molecule has 16 heavy (non-hydrogen) atoms. The second-order valence-electron chi connectivity index (χ2n) is 3.45. The molecule has 0 fully saturated rings. The summed E-state index contributed by atoms with van der Waals surface area (Å²) >= 11 is 12.0. The summed E-state index contributed by atoms with van der Waals surface area (Å²) < 4.78 is 4.97. The molecule has 2 rings (SSSR count). The fourth-order valence-corrected chi connectivity index (χ4v) is 1.81. The molecule has 1 heterocycles. The summed E-state index contributed by atoms with van der Waals surface area (Å²) in [7, 11) is 0. The van der Waals surface area contributed by atoms with Crippen LogP contribution in [0.15, 0.2) is 41.2 Å². The average Bonchev–Trinajstić information content (AvgIpc) is 2.77. The van der Waals surface area contributed by atoms with Crippen LogP contribution in [0.4, 0.5) is 0 Å². The second-order valence-corrected chi connectivity index (χ2v) is 4.23. The Morgan fingerprint density at radius 2 is 2.00 bits per heavy atom. The van der Waals surface area contributed by atoms with Crippen molar-refractivity contribution < 1.29 is 4.42 Å². The number of furan rings is 1. The van der Waals surface area contributed by atoms with E-state index in [0.29, 0.717) is 16.6 Å². The second kappa shape index (κ2) is 5.39. The van der Waals surface area contributed by atoms with Gasteiger partial charge in [0.15, 0.2) is 0 Å². The lowest BCUT2D eigenvalue weighted by Gasteiger charge is -2.06. The van der Waals surface area contributed by atoms with Gasteiger partial charge in [-0.15, -0.1) is 0 Å². The number of rotatable bonds is 4. The summed E-state index contributed by atoms with van der Waals surface area (Å²) in [6, 6.07) is 7.55. The standard InChI is InChI=1S/C12H11Cl2NO/c13-11-3-1-2-10(12(11)14)7-15-6-9-4-5-16-8-9/h1-5,8,15H,6-7H2. The number of benzene rings is 1. The monoisotopic (exact) mass is 255 g/mol. The average molecular weight is 256 g/mol. The lowest BCUT2D eigenvalue weighted by atomic mass is 10.2. The maximum atomic E-state index is 6.06. The third kappa shape index (κ3) is 2.79. The molecule has 0 aliphatic rings. The van der Waals surface area contributed by atoms with Crippen molar-refractivity contribution in [1.82, 2.24) is 5.32 Å². The quantitative estimate of drug-likeness (QED) is 0.898. The van der Waals surface area contributed by atoms with E-state index in [9.17, 15) is 0 Å². The largest absolute Gasteiger partial charge is 0.472 e. The first-order chi connectivity index (χ1) is 7.77. The van der Waals surface area contributed by atoms with Gasteiger partial charge in [0.05, 0.1) is 22.6 Å². The van der Waals surface area contributed by atoms with Crippen molar-refractivity contribution in [2.45, 2.75) is 13.1 Å². The Labute approximate surface area is 104 Å². The van der Waals surface area contributed by atoms with E-state index in [1.807, 2.05) is 18.2 Å². The van der Waals surface area contributed by atoms with Crippen molar-refractivity contribution >= 4 is 23.2 Å². The van der Waals surface area contributed by atoms with Gasteiger partial charge in [0.25, 0.3) is 0 Å². The highest BCUT2D eigenvalue weighted by Gasteiger charge is 2.03. The predicted molar refractivity (Wildman–Crippen MR) is 65.7 cm³/mol. The van der Waals surface area contributed by atoms with E-state index < -0.39 is 0 Å². The topological polar surface area (TPSA) is 25.2 Å². The molecule has 0 bridgehead atoms. The molecule has 84 valence electrons. The van der Waals surface area contributed by atoms with Crippen LogP contribution in [-0.4, -0.2) is 0 Å². The smallest absolute Gasteiger partial charge is 0.0947 e. The summed E-state index contributed by atoms with van der Waals surface area (Å²) in [6.07, 6.45) is 3.37. The zero-order valence-electron chi connectivity index (χ0n) is 8.54. The molecular formula is C12H11Cl2NO. The van der Waals surface area contributed by atoms with Crippen LogP contribution in [0.2, 0.25) is 10.0 Å². The molecular weight excluding hydrogens is 245 g/mol. The maximum absolute atomic E-state index is 6.06. The van der Waals surface area contributed by atoms with Crippen molar-refractivity contribution in [1.29, 1.82) is 0 Å². The Hall–Kier alpha value is -0.960. The molecule has 4 heteroatoms. The third-order valence-electron chi connectivity index (χ3n) is 2.26. The molecule has 0 spiro atoms. The minimum Gasteiger partial charge on any atom is -0.472 e. The van der Waals surface area contributed by atoms with Crippen LogP contribution in [0.3, 0.4) is 0 Å². The number of halogens is 2. The van der Waals surface area contributed by atoms with Gasteiger partial charge in [-0.1, -0.05) is 35.3 Å². The summed E-state index contributed by atoms with van der Waals surface area (Å²) in [6.45, 7) is 1.43. The van der Waals surface area contributed by atoms with E-state index in [1.165, 1.54) is 0 Å². The van der Waals surface area contributed by atoms with E-state index >= 15 is 0 Å². The Kier molecular flexibility index (Phi) is 3.88. The van der Waals surface area contributed by atoms with Gasteiger partial charge in [0.1, 0.15) is 0 Å². The zero-order valence-corrected chi connectivity index (χ0v) is 10.1. The lowest BCUT2D eigenvalue weighted by Crippen LogP contribution is -2.12. The van der Waals surface area contributed by atoms with E-state index in [1.54, 1.807) is 18.6 Å². The molecule has 0 unspecified atom stereocenters. The van der Waals surface area contributed by atoms with E-state index in [2.05, 4.69) is 5.32 Å². The molecule has 1 aromatic heterocycles. The molecule has 0 amide bonds. The molecule has 0 saturated carbocycles. The molecule has 0 radical (unpaired) electrons. The van der Waals surface area contributed by atoms with Gasteiger partial charge in [-0.25, -0.2) is 0 Å². The molecule has 2 aromatic rings. The Bertz CT molecular complexity index is 454. The van der Waals surface area contributed by atoms with Crippen LogP contribution in [-0.2, 0) is 13.1 Å². The van der Waals surface area contributed by atoms with Crippen LogP contribution in [0.5, 0.6) is 0 Å². The summed E-state index contributed by atoms with van der Waals surface area (Å²) in [5, 5.41) is 4.47. The normalized spacial score (nSPS) is 10.6. The van der Waals surface area contributed by atoms with Crippen molar-refractivity contribution in [3.05, 3.63) is 58.0 Å². The van der Waals surface area contributed by atoms with Gasteiger partial charge < -0.3 is 9.73 Å². The molecule has 0 saturated heterocycles. The van der Waals surface area contributed by atoms with E-state index in [-0.39, 0.29) is 0 Å². The van der Waals surface area contributed by atoms with Gasteiger partial charge in [-0.2, -0.15) is 0 Å². The summed E-state index contributed by atoms with van der Waals surface area (Å²) in [5.74, 6) is 0. The van der Waals surface area contributed by atoms with Crippen LogP contribution in [0.25, 0.3) is 0 Å². The predicted octanol–water partition coefficient (Wildman–Crippen LogP) is 3.88. The minimum atomic E-state index is 0.587. The van der Waals surface area contributed by atoms with Crippen molar-refractivity contribution in [3.63, 3.8) is 0 Å². The summed E-state index contributed by atoms with van der Waals surface area (Å²) in [4.78, 5) is 0. The fraction of sp³-hybridized carbons (Fsp3) is 0.167. The summed E-state index contributed by atoms with van der Waals surface area (Å²) in [5.41, 5.74) is 2.11. The molecule has 1 aromatic carbocycles. The highest BCUT2D eigenvalue weighted by atomic mass is 35.5. The zero-order chi connectivity index (χ0) is 11.4. The molecule has 1 N–H and O–H groups in total. The first-order valence-corrected chi connectivity index (χ1v) is 5.67. The Balaban J connectivity index is 1.92. The van der Waals surface area contributed by atoms with Crippen molar-refractivity contribution in [2.75, 3.05) is 0 Å². The van der Waals surface area contributed by atoms with Crippen LogP contribution in [0, 0.1) is 0 Å². The number of hydrogen-bond acceptors (Lipinski definition) is 2. The van der Waals surface area contributed by atoms with Crippen molar-refractivity contribution in [2.24, 2.45) is 0 Å². The van der Waals surface area contributed by atoms with Gasteiger partial charge in [-0.3, -0.25) is 0 Å². The molecule has 0 atom stereocenters. The highest BCUT2D eigenvalue weighted by Crippen LogP contribution is 2.25. The minimum absolute atomic E-state index is 0.587. The van der Waals surface area contributed by atoms with Crippen LogP contribution in [0.1, 0.15) is 11.1 Å². The van der Waals surface area contributed by atoms with Crippen LogP contribution < -0.4 is 5.32 Å². The Morgan fingerprint density at radius 3 is 2.75 bits per heavy atom. The van der Waals surface area contributed by atoms with E-state index in [4.69, 9.17) is 27.6 Å². The fourth-order valence-electron chi connectivity index (χ4n) is 1.42. The first kappa shape index (κ1) is 11.5. The maximum Gasteiger partial charge on any atom is 0.0947 e. The van der Waals surface area contributed by atoms with Gasteiger partial charge in [-0.05, 0) is 17.7 Å². The van der Waals surface area contributed by atoms with Crippen molar-refractivity contribution in [3.8, 4) is 0 Å². The lowest BCUT2D eigenvalue weighted by molar-refractivity contribution is 0.560. The van der Waals surface area contributed by atoms with Gasteiger partial charge >= 0.3 is 0 Å². The van der Waals surface area contributed by atoms with Gasteiger partial charge in [0.2, 0.25) is 0 Å². The van der Waals surface area contributed by atoms with Crippen LogP contribution >= 0.6 is 23.2 Å². The Morgan fingerprint density at radius 1 is 1.12 bits per heavy atom. The molecule has 0 aliphatic heterocycles. The third-order valence-corrected chi connectivity index (χ3v) is 3.11. The first-order valence-electron chi connectivity index (χ1n) is 4.92. The van der Waals surface area contributed by atoms with Gasteiger partial charge in [0, 0.05) is 18.7 Å². The number of nitrogens with one attached hydrogen (secondary N) is 1.